The summed E-state index contributed by atoms with van der Waals surface area (Å²) >= 11 is 0. The van der Waals surface area contributed by atoms with E-state index in [2.05, 4.69) is 0 Å². The Balaban J connectivity index is 2.03. The predicted octanol–water partition coefficient (Wildman–Crippen LogP) is 1.37. The quantitative estimate of drug-likeness (QED) is 0.914. The Bertz CT molecular complexity index is 554. The largest absolute Gasteiger partial charge is 0.480 e. The first-order valence-electron chi connectivity index (χ1n) is 6.92. The molecule has 1 unspecified atom stereocenters. The third-order valence-corrected chi connectivity index (χ3v) is 3.94. The average Bonchev–Trinajstić information content (AvgIpc) is 2.48. The maximum atomic E-state index is 13.3. The highest BCUT2D eigenvalue weighted by molar-refractivity contribution is 5.95. The van der Waals surface area contributed by atoms with E-state index in [9.17, 15) is 14.0 Å². The van der Waals surface area contributed by atoms with Gasteiger partial charge in [-0.1, -0.05) is 6.07 Å². The molecule has 1 aromatic carbocycles. The van der Waals surface area contributed by atoms with Crippen molar-refractivity contribution in [1.29, 1.82) is 0 Å². The summed E-state index contributed by atoms with van der Waals surface area (Å²) in [6.45, 7) is 5.33. The van der Waals surface area contributed by atoms with Gasteiger partial charge in [-0.05, 0) is 31.5 Å². The molecule has 0 radical (unpaired) electrons. The Labute approximate surface area is 123 Å². The summed E-state index contributed by atoms with van der Waals surface area (Å²) in [7, 11) is 0. The van der Waals surface area contributed by atoms with Crippen LogP contribution < -0.4 is 0 Å². The third kappa shape index (κ3) is 3.39. The Hall–Kier alpha value is -1.95. The molecule has 6 heteroatoms. The highest BCUT2D eigenvalue weighted by Crippen LogP contribution is 2.15. The SMILES string of the molecule is Cc1ccc(F)cc1C(=O)N1CCN(C(C)C(=O)O)CC1. The molecule has 5 nitrogen and oxygen atoms in total. The van der Waals surface area contributed by atoms with Crippen LogP contribution in [0.5, 0.6) is 0 Å². The molecular formula is C15H19FN2O3. The Morgan fingerprint density at radius 3 is 2.43 bits per heavy atom. The van der Waals surface area contributed by atoms with Gasteiger partial charge in [0, 0.05) is 31.7 Å². The zero-order chi connectivity index (χ0) is 15.6. The van der Waals surface area contributed by atoms with Crippen LogP contribution in [-0.4, -0.2) is 59.0 Å². The van der Waals surface area contributed by atoms with Crippen molar-refractivity contribution in [2.75, 3.05) is 26.2 Å². The van der Waals surface area contributed by atoms with Gasteiger partial charge in [-0.15, -0.1) is 0 Å². The van der Waals surface area contributed by atoms with E-state index in [-0.39, 0.29) is 5.91 Å². The zero-order valence-electron chi connectivity index (χ0n) is 12.2. The number of hydrogen-bond donors (Lipinski definition) is 1. The molecule has 1 fully saturated rings. The number of halogens is 1. The normalized spacial score (nSPS) is 17.6. The number of carbonyl (C=O) groups excluding carboxylic acids is 1. The number of rotatable bonds is 3. The summed E-state index contributed by atoms with van der Waals surface area (Å²) in [5.74, 6) is -1.49. The molecular weight excluding hydrogens is 275 g/mol. The smallest absolute Gasteiger partial charge is 0.320 e. The fourth-order valence-corrected chi connectivity index (χ4v) is 2.46. The number of benzene rings is 1. The number of carboxylic acid groups (broad SMARTS) is 1. The van der Waals surface area contributed by atoms with Crippen molar-refractivity contribution in [2.24, 2.45) is 0 Å². The maximum absolute atomic E-state index is 13.3. The van der Waals surface area contributed by atoms with Gasteiger partial charge in [-0.25, -0.2) is 4.39 Å². The van der Waals surface area contributed by atoms with E-state index in [0.29, 0.717) is 31.7 Å². The Morgan fingerprint density at radius 2 is 1.86 bits per heavy atom. The van der Waals surface area contributed by atoms with Crippen molar-refractivity contribution in [3.63, 3.8) is 0 Å². The van der Waals surface area contributed by atoms with Gasteiger partial charge >= 0.3 is 5.97 Å². The molecule has 2 rings (SSSR count). The number of hydrogen-bond acceptors (Lipinski definition) is 3. The summed E-state index contributed by atoms with van der Waals surface area (Å²) in [5, 5.41) is 8.99. The van der Waals surface area contributed by atoms with Crippen molar-refractivity contribution in [3.8, 4) is 0 Å². The summed E-state index contributed by atoms with van der Waals surface area (Å²) < 4.78 is 13.3. The number of amides is 1. The summed E-state index contributed by atoms with van der Waals surface area (Å²) in [5.41, 5.74) is 1.11. The van der Waals surface area contributed by atoms with Crippen LogP contribution in [0.1, 0.15) is 22.8 Å². The second-order valence-electron chi connectivity index (χ2n) is 5.30. The van der Waals surface area contributed by atoms with Gasteiger partial charge in [-0.3, -0.25) is 14.5 Å². The predicted molar refractivity (Wildman–Crippen MR) is 75.7 cm³/mol. The Morgan fingerprint density at radius 1 is 1.24 bits per heavy atom. The minimum atomic E-state index is -0.865. The first kappa shape index (κ1) is 15.4. The highest BCUT2D eigenvalue weighted by Gasteiger charge is 2.28. The van der Waals surface area contributed by atoms with Gasteiger partial charge < -0.3 is 10.0 Å². The minimum absolute atomic E-state index is 0.199. The van der Waals surface area contributed by atoms with Crippen LogP contribution in [0.4, 0.5) is 4.39 Å². The van der Waals surface area contributed by atoms with Crippen molar-refractivity contribution < 1.29 is 19.1 Å². The van der Waals surface area contributed by atoms with Crippen LogP contribution >= 0.6 is 0 Å². The van der Waals surface area contributed by atoms with E-state index in [4.69, 9.17) is 5.11 Å². The lowest BCUT2D eigenvalue weighted by Gasteiger charge is -2.36. The molecule has 114 valence electrons. The number of nitrogens with zero attached hydrogens (tertiary/aromatic N) is 2. The lowest BCUT2D eigenvalue weighted by Crippen LogP contribution is -2.53. The van der Waals surface area contributed by atoms with E-state index in [1.807, 2.05) is 4.90 Å². The fourth-order valence-electron chi connectivity index (χ4n) is 2.46. The summed E-state index contributed by atoms with van der Waals surface area (Å²) in [4.78, 5) is 26.8. The highest BCUT2D eigenvalue weighted by atomic mass is 19.1. The van der Waals surface area contributed by atoms with Crippen LogP contribution in [0.3, 0.4) is 0 Å². The van der Waals surface area contributed by atoms with E-state index in [1.54, 1.807) is 24.8 Å². The Kier molecular flexibility index (Phi) is 4.57. The van der Waals surface area contributed by atoms with Crippen molar-refractivity contribution in [2.45, 2.75) is 19.9 Å². The number of carbonyl (C=O) groups is 2. The summed E-state index contributed by atoms with van der Waals surface area (Å²) in [6.07, 6.45) is 0. The molecule has 1 amide bonds. The fraction of sp³-hybridized carbons (Fsp3) is 0.467. The van der Waals surface area contributed by atoms with Crippen LogP contribution in [0.25, 0.3) is 0 Å². The van der Waals surface area contributed by atoms with Crippen molar-refractivity contribution in [1.82, 2.24) is 9.80 Å². The van der Waals surface area contributed by atoms with Crippen LogP contribution in [-0.2, 0) is 4.79 Å². The minimum Gasteiger partial charge on any atom is -0.480 e. The topological polar surface area (TPSA) is 60.9 Å². The molecule has 1 aromatic rings. The van der Waals surface area contributed by atoms with Crippen LogP contribution in [0.15, 0.2) is 18.2 Å². The lowest BCUT2D eigenvalue weighted by atomic mass is 10.1. The molecule has 0 bridgehead atoms. The summed E-state index contributed by atoms with van der Waals surface area (Å²) in [6, 6.07) is 3.62. The van der Waals surface area contributed by atoms with Crippen LogP contribution in [0.2, 0.25) is 0 Å². The number of piperazine rings is 1. The standard InChI is InChI=1S/C15H19FN2O3/c1-10-3-4-12(16)9-13(10)14(19)18-7-5-17(6-8-18)11(2)15(20)21/h3-4,9,11H,5-8H2,1-2H3,(H,20,21). The second-order valence-corrected chi connectivity index (χ2v) is 5.30. The third-order valence-electron chi connectivity index (χ3n) is 3.94. The molecule has 1 aliphatic heterocycles. The van der Waals surface area contributed by atoms with Gasteiger partial charge in [0.05, 0.1) is 0 Å². The molecule has 0 aliphatic carbocycles. The molecule has 0 aromatic heterocycles. The van der Waals surface area contributed by atoms with Gasteiger partial charge in [0.25, 0.3) is 5.91 Å². The number of aryl methyl sites for hydroxylation is 1. The first-order chi connectivity index (χ1) is 9.90. The molecule has 0 spiro atoms. The van der Waals surface area contributed by atoms with E-state index >= 15 is 0 Å². The van der Waals surface area contributed by atoms with Gasteiger partial charge in [-0.2, -0.15) is 0 Å². The average molecular weight is 294 g/mol. The van der Waals surface area contributed by atoms with Crippen molar-refractivity contribution >= 4 is 11.9 Å². The molecule has 1 aliphatic rings. The molecule has 1 atom stereocenters. The molecule has 1 saturated heterocycles. The van der Waals surface area contributed by atoms with Gasteiger partial charge in [0.2, 0.25) is 0 Å². The zero-order valence-corrected chi connectivity index (χ0v) is 12.2. The molecule has 21 heavy (non-hydrogen) atoms. The first-order valence-corrected chi connectivity index (χ1v) is 6.92. The number of carboxylic acids is 1. The maximum Gasteiger partial charge on any atom is 0.320 e. The molecule has 1 N–H and O–H groups in total. The lowest BCUT2D eigenvalue weighted by molar-refractivity contribution is -0.143. The molecule has 0 saturated carbocycles. The van der Waals surface area contributed by atoms with Crippen LogP contribution in [0, 0.1) is 12.7 Å². The second kappa shape index (κ2) is 6.22. The van der Waals surface area contributed by atoms with E-state index in [0.717, 1.165) is 5.56 Å². The van der Waals surface area contributed by atoms with E-state index in [1.165, 1.54) is 12.1 Å². The monoisotopic (exact) mass is 294 g/mol. The van der Waals surface area contributed by atoms with Gasteiger partial charge in [0.1, 0.15) is 11.9 Å². The van der Waals surface area contributed by atoms with Crippen molar-refractivity contribution in [3.05, 3.63) is 35.1 Å². The molecule has 1 heterocycles. The number of aliphatic carboxylic acids is 1. The van der Waals surface area contributed by atoms with Gasteiger partial charge in [0.15, 0.2) is 0 Å². The van der Waals surface area contributed by atoms with E-state index < -0.39 is 17.8 Å².